The average Bonchev–Trinajstić information content (AvgIpc) is 3.20. The van der Waals surface area contributed by atoms with Crippen LogP contribution in [-0.2, 0) is 23.2 Å². The molecule has 1 unspecified atom stereocenters. The number of fused-ring (bicyclic) bond motifs is 2. The molecule has 0 bridgehead atoms. The molecule has 1 aliphatic heterocycles. The van der Waals surface area contributed by atoms with Crippen molar-refractivity contribution < 1.29 is 4.79 Å². The minimum absolute atomic E-state index is 0.0556. The minimum atomic E-state index is 0.0556. The van der Waals surface area contributed by atoms with E-state index in [0.29, 0.717) is 0 Å². The second-order valence-corrected chi connectivity index (χ2v) is 5.94. The summed E-state index contributed by atoms with van der Waals surface area (Å²) in [6.07, 6.45) is 7.56. The quantitative estimate of drug-likeness (QED) is 0.833. The molecule has 2 aliphatic rings. The number of amides is 1. The lowest BCUT2D eigenvalue weighted by Crippen LogP contribution is -2.48. The Hall–Kier alpha value is -2.25. The molecule has 1 aliphatic carbocycles. The number of likely N-dealkylation sites (tertiary alicyclic amines) is 1. The molecule has 0 aromatic carbocycles. The Morgan fingerprint density at radius 3 is 3.24 bits per heavy atom. The van der Waals surface area contributed by atoms with E-state index >= 15 is 0 Å². The standard InChI is InChI=1S/C13H17N7O/c21-11(7-20-16-9-15-18-20)19-5-1-3-13(8-19)4-2-10-6-14-17-12(10)13/h6,9H,1-5,7-8H2,(H,14,17). The van der Waals surface area contributed by atoms with Crippen LogP contribution in [0.5, 0.6) is 0 Å². The van der Waals surface area contributed by atoms with Crippen molar-refractivity contribution in [2.45, 2.75) is 37.6 Å². The molecule has 110 valence electrons. The molecule has 1 N–H and O–H groups in total. The van der Waals surface area contributed by atoms with Gasteiger partial charge in [-0.25, -0.2) is 0 Å². The van der Waals surface area contributed by atoms with Gasteiger partial charge in [0, 0.05) is 24.2 Å². The van der Waals surface area contributed by atoms with Crippen LogP contribution in [0.2, 0.25) is 0 Å². The number of aryl methyl sites for hydroxylation is 1. The maximum atomic E-state index is 12.4. The molecule has 1 saturated heterocycles. The first-order valence-electron chi connectivity index (χ1n) is 7.28. The van der Waals surface area contributed by atoms with Crippen LogP contribution in [0.25, 0.3) is 0 Å². The summed E-state index contributed by atoms with van der Waals surface area (Å²) in [6.45, 7) is 1.72. The second-order valence-electron chi connectivity index (χ2n) is 5.94. The lowest BCUT2D eigenvalue weighted by molar-refractivity contribution is -0.134. The zero-order valence-electron chi connectivity index (χ0n) is 11.7. The molecule has 1 atom stereocenters. The van der Waals surface area contributed by atoms with Crippen molar-refractivity contribution in [3.05, 3.63) is 23.8 Å². The van der Waals surface area contributed by atoms with E-state index in [-0.39, 0.29) is 17.9 Å². The zero-order chi connectivity index (χ0) is 14.3. The molecule has 1 spiro atoms. The number of piperidine rings is 1. The molecule has 0 saturated carbocycles. The van der Waals surface area contributed by atoms with E-state index in [1.54, 1.807) is 0 Å². The fraction of sp³-hybridized carbons (Fsp3) is 0.615. The van der Waals surface area contributed by atoms with Crippen LogP contribution in [0.4, 0.5) is 0 Å². The largest absolute Gasteiger partial charge is 0.340 e. The predicted octanol–water partition coefficient (Wildman–Crippen LogP) is -0.0972. The highest BCUT2D eigenvalue weighted by molar-refractivity contribution is 5.76. The number of aromatic amines is 1. The van der Waals surface area contributed by atoms with Crippen molar-refractivity contribution in [2.75, 3.05) is 13.1 Å². The molecule has 8 nitrogen and oxygen atoms in total. The summed E-state index contributed by atoms with van der Waals surface area (Å²) in [5.74, 6) is 0.0556. The van der Waals surface area contributed by atoms with Gasteiger partial charge in [-0.3, -0.25) is 9.89 Å². The average molecular weight is 287 g/mol. The molecule has 1 amide bonds. The smallest absolute Gasteiger partial charge is 0.246 e. The van der Waals surface area contributed by atoms with E-state index in [1.165, 1.54) is 22.4 Å². The number of hydrogen-bond donors (Lipinski definition) is 1. The van der Waals surface area contributed by atoms with Crippen LogP contribution >= 0.6 is 0 Å². The van der Waals surface area contributed by atoms with Gasteiger partial charge in [-0.2, -0.15) is 9.90 Å². The predicted molar refractivity (Wildman–Crippen MR) is 72.2 cm³/mol. The minimum Gasteiger partial charge on any atom is -0.340 e. The first kappa shape index (κ1) is 12.5. The molecular formula is C13H17N7O. The van der Waals surface area contributed by atoms with Gasteiger partial charge >= 0.3 is 0 Å². The van der Waals surface area contributed by atoms with E-state index in [4.69, 9.17) is 0 Å². The van der Waals surface area contributed by atoms with E-state index in [0.717, 1.165) is 38.8 Å². The molecule has 3 heterocycles. The van der Waals surface area contributed by atoms with Gasteiger partial charge in [-0.1, -0.05) is 0 Å². The fourth-order valence-corrected chi connectivity index (χ4v) is 3.69. The number of tetrazole rings is 1. The van der Waals surface area contributed by atoms with Crippen LogP contribution in [-0.4, -0.2) is 54.3 Å². The van der Waals surface area contributed by atoms with Gasteiger partial charge in [-0.05, 0) is 36.5 Å². The van der Waals surface area contributed by atoms with Crippen LogP contribution in [0, 0.1) is 0 Å². The Balaban J connectivity index is 1.52. The van der Waals surface area contributed by atoms with Gasteiger partial charge < -0.3 is 4.90 Å². The van der Waals surface area contributed by atoms with Crippen molar-refractivity contribution >= 4 is 5.91 Å². The van der Waals surface area contributed by atoms with Crippen LogP contribution in [0.15, 0.2) is 12.5 Å². The monoisotopic (exact) mass is 287 g/mol. The number of nitrogens with zero attached hydrogens (tertiary/aromatic N) is 6. The van der Waals surface area contributed by atoms with E-state index in [1.807, 2.05) is 11.1 Å². The number of nitrogens with one attached hydrogen (secondary N) is 1. The Kier molecular flexibility index (Phi) is 2.76. The lowest BCUT2D eigenvalue weighted by Gasteiger charge is -2.40. The third-order valence-corrected chi connectivity index (χ3v) is 4.72. The normalized spacial score (nSPS) is 24.5. The number of hydrogen-bond acceptors (Lipinski definition) is 5. The second kappa shape index (κ2) is 4.64. The third kappa shape index (κ3) is 2.01. The summed E-state index contributed by atoms with van der Waals surface area (Å²) in [5, 5.41) is 18.6. The molecular weight excluding hydrogens is 270 g/mol. The summed E-state index contributed by atoms with van der Waals surface area (Å²) in [4.78, 5) is 15.7. The number of carbonyl (C=O) groups excluding carboxylic acids is 1. The van der Waals surface area contributed by atoms with Gasteiger partial charge in [-0.15, -0.1) is 10.2 Å². The maximum absolute atomic E-state index is 12.4. The van der Waals surface area contributed by atoms with Gasteiger partial charge in [0.25, 0.3) is 0 Å². The van der Waals surface area contributed by atoms with E-state index < -0.39 is 0 Å². The van der Waals surface area contributed by atoms with Crippen molar-refractivity contribution in [3.8, 4) is 0 Å². The van der Waals surface area contributed by atoms with Gasteiger partial charge in [0.15, 0.2) is 6.33 Å². The first-order chi connectivity index (χ1) is 10.3. The Morgan fingerprint density at radius 2 is 2.38 bits per heavy atom. The lowest BCUT2D eigenvalue weighted by atomic mass is 9.77. The van der Waals surface area contributed by atoms with Crippen LogP contribution in [0.1, 0.15) is 30.5 Å². The number of carbonyl (C=O) groups is 1. The van der Waals surface area contributed by atoms with Crippen molar-refractivity contribution in [1.82, 2.24) is 35.3 Å². The molecule has 1 fully saturated rings. The summed E-state index contributed by atoms with van der Waals surface area (Å²) in [6, 6.07) is 0. The topological polar surface area (TPSA) is 92.6 Å². The molecule has 4 rings (SSSR count). The molecule has 2 aromatic heterocycles. The summed E-state index contributed by atoms with van der Waals surface area (Å²) in [5.41, 5.74) is 2.61. The Morgan fingerprint density at radius 1 is 1.43 bits per heavy atom. The number of rotatable bonds is 2. The fourth-order valence-electron chi connectivity index (χ4n) is 3.69. The maximum Gasteiger partial charge on any atom is 0.246 e. The van der Waals surface area contributed by atoms with Crippen molar-refractivity contribution in [1.29, 1.82) is 0 Å². The SMILES string of the molecule is O=C(Cn1ncnn1)N1CCCC2(CCc3cn[nH]c32)C1. The van der Waals surface area contributed by atoms with E-state index in [9.17, 15) is 4.79 Å². The highest BCUT2D eigenvalue weighted by atomic mass is 16.2. The highest BCUT2D eigenvalue weighted by Crippen LogP contribution is 2.43. The molecule has 21 heavy (non-hydrogen) atoms. The summed E-state index contributed by atoms with van der Waals surface area (Å²) < 4.78 is 0. The number of aromatic nitrogens is 6. The van der Waals surface area contributed by atoms with Crippen molar-refractivity contribution in [2.24, 2.45) is 0 Å². The van der Waals surface area contributed by atoms with Gasteiger partial charge in [0.1, 0.15) is 6.54 Å². The Labute approximate surface area is 121 Å². The third-order valence-electron chi connectivity index (χ3n) is 4.72. The Bertz CT molecular complexity index is 649. The molecule has 2 aromatic rings. The van der Waals surface area contributed by atoms with Crippen LogP contribution < -0.4 is 0 Å². The summed E-state index contributed by atoms with van der Waals surface area (Å²) in [7, 11) is 0. The molecule has 8 heteroatoms. The van der Waals surface area contributed by atoms with Gasteiger partial charge in [0.2, 0.25) is 5.91 Å². The van der Waals surface area contributed by atoms with Crippen LogP contribution in [0.3, 0.4) is 0 Å². The molecule has 0 radical (unpaired) electrons. The highest BCUT2D eigenvalue weighted by Gasteiger charge is 2.44. The van der Waals surface area contributed by atoms with Gasteiger partial charge in [0.05, 0.1) is 6.20 Å². The summed E-state index contributed by atoms with van der Waals surface area (Å²) >= 11 is 0. The van der Waals surface area contributed by atoms with Crippen molar-refractivity contribution in [3.63, 3.8) is 0 Å². The zero-order valence-corrected chi connectivity index (χ0v) is 11.7. The van der Waals surface area contributed by atoms with E-state index in [2.05, 4.69) is 25.6 Å². The first-order valence-corrected chi connectivity index (χ1v) is 7.28. The number of H-pyrrole nitrogens is 1.